The Morgan fingerprint density at radius 1 is 1.11 bits per heavy atom. The van der Waals surface area contributed by atoms with Gasteiger partial charge in [0.15, 0.2) is 0 Å². The molecular weight excluding hydrogens is 406 g/mol. The number of halogens is 1. The maximum atomic E-state index is 12.5. The second kappa shape index (κ2) is 9.67. The van der Waals surface area contributed by atoms with Crippen molar-refractivity contribution in [1.82, 2.24) is 10.2 Å². The van der Waals surface area contributed by atoms with Gasteiger partial charge < -0.3 is 10.6 Å². The van der Waals surface area contributed by atoms with Crippen LogP contribution in [0.2, 0.25) is 0 Å². The van der Waals surface area contributed by atoms with Crippen LogP contribution in [-0.2, 0) is 9.59 Å². The van der Waals surface area contributed by atoms with Gasteiger partial charge in [-0.1, -0.05) is 46.3 Å². The maximum absolute atomic E-state index is 12.5. The molecule has 6 heteroatoms. The number of aryl methyl sites for hydroxylation is 1. The smallest absolute Gasteiger partial charge is 0.238 e. The lowest BCUT2D eigenvalue weighted by Crippen LogP contribution is -2.46. The van der Waals surface area contributed by atoms with E-state index in [0.717, 1.165) is 21.3 Å². The molecule has 2 atom stereocenters. The van der Waals surface area contributed by atoms with Gasteiger partial charge in [0.1, 0.15) is 0 Å². The maximum Gasteiger partial charge on any atom is 0.238 e. The molecule has 2 unspecified atom stereocenters. The Hall–Kier alpha value is -2.18. The van der Waals surface area contributed by atoms with Crippen molar-refractivity contribution in [3.05, 3.63) is 64.1 Å². The normalized spacial score (nSPS) is 13.1. The molecule has 0 aromatic heterocycles. The molecule has 0 bridgehead atoms. The molecule has 0 heterocycles. The molecule has 5 nitrogen and oxygen atoms in total. The summed E-state index contributed by atoms with van der Waals surface area (Å²) in [6, 6.07) is 15.0. The molecule has 0 saturated heterocycles. The van der Waals surface area contributed by atoms with Crippen molar-refractivity contribution in [3.8, 4) is 0 Å². The number of hydrogen-bond donors (Lipinski definition) is 2. The molecule has 2 N–H and O–H groups in total. The average Bonchev–Trinajstić information content (AvgIpc) is 2.64. The van der Waals surface area contributed by atoms with Crippen molar-refractivity contribution in [2.75, 3.05) is 18.9 Å². The number of benzene rings is 2. The number of anilines is 1. The van der Waals surface area contributed by atoms with Gasteiger partial charge in [0.2, 0.25) is 11.8 Å². The number of amides is 2. The topological polar surface area (TPSA) is 61.4 Å². The van der Waals surface area contributed by atoms with Crippen LogP contribution < -0.4 is 10.6 Å². The third kappa shape index (κ3) is 6.19. The zero-order valence-electron chi connectivity index (χ0n) is 16.1. The third-order valence-electron chi connectivity index (χ3n) is 4.55. The molecule has 2 aromatic carbocycles. The fourth-order valence-electron chi connectivity index (χ4n) is 2.68. The number of hydrogen-bond acceptors (Lipinski definition) is 3. The first-order valence-corrected chi connectivity index (χ1v) is 9.68. The van der Waals surface area contributed by atoms with Gasteiger partial charge >= 0.3 is 0 Å². The summed E-state index contributed by atoms with van der Waals surface area (Å²) in [5, 5.41) is 5.89. The fourth-order valence-corrected chi connectivity index (χ4v) is 3.16. The first-order valence-electron chi connectivity index (χ1n) is 8.89. The standard InChI is InChI=1S/C21H26BrN3O2/c1-14-12-18(22)10-11-19(14)24-20(26)13-25(4)16(3)21(27)23-15(2)17-8-6-5-7-9-17/h5-12,15-16H,13H2,1-4H3,(H,23,27)(H,24,26). The van der Waals surface area contributed by atoms with E-state index in [2.05, 4.69) is 26.6 Å². The zero-order chi connectivity index (χ0) is 20.0. The molecule has 2 aromatic rings. The van der Waals surface area contributed by atoms with E-state index < -0.39 is 6.04 Å². The van der Waals surface area contributed by atoms with Crippen molar-refractivity contribution >= 4 is 33.4 Å². The van der Waals surface area contributed by atoms with Crippen LogP contribution in [0.25, 0.3) is 0 Å². The van der Waals surface area contributed by atoms with Crippen molar-refractivity contribution < 1.29 is 9.59 Å². The van der Waals surface area contributed by atoms with E-state index in [1.807, 2.05) is 62.4 Å². The van der Waals surface area contributed by atoms with E-state index in [1.165, 1.54) is 0 Å². The first kappa shape index (κ1) is 21.1. The Labute approximate surface area is 169 Å². The van der Waals surface area contributed by atoms with Crippen LogP contribution in [0.5, 0.6) is 0 Å². The molecule has 0 spiro atoms. The lowest BCUT2D eigenvalue weighted by Gasteiger charge is -2.25. The van der Waals surface area contributed by atoms with Gasteiger partial charge in [-0.25, -0.2) is 0 Å². The van der Waals surface area contributed by atoms with E-state index >= 15 is 0 Å². The summed E-state index contributed by atoms with van der Waals surface area (Å²) in [5.74, 6) is -0.264. The first-order chi connectivity index (χ1) is 12.8. The zero-order valence-corrected chi connectivity index (χ0v) is 17.7. The molecule has 0 aliphatic carbocycles. The van der Waals surface area contributed by atoms with Crippen LogP contribution in [0.3, 0.4) is 0 Å². The molecular formula is C21H26BrN3O2. The minimum Gasteiger partial charge on any atom is -0.348 e. The van der Waals surface area contributed by atoms with Crippen LogP contribution in [-0.4, -0.2) is 36.3 Å². The molecule has 0 fully saturated rings. The van der Waals surface area contributed by atoms with E-state index in [1.54, 1.807) is 18.9 Å². The summed E-state index contributed by atoms with van der Waals surface area (Å²) >= 11 is 3.41. The molecule has 27 heavy (non-hydrogen) atoms. The van der Waals surface area contributed by atoms with E-state index in [4.69, 9.17) is 0 Å². The highest BCUT2D eigenvalue weighted by atomic mass is 79.9. The van der Waals surface area contributed by atoms with Crippen LogP contribution in [0.1, 0.15) is 31.0 Å². The number of rotatable bonds is 7. The summed E-state index contributed by atoms with van der Waals surface area (Å²) in [6.07, 6.45) is 0. The number of nitrogens with one attached hydrogen (secondary N) is 2. The van der Waals surface area contributed by atoms with Crippen LogP contribution >= 0.6 is 15.9 Å². The number of nitrogens with zero attached hydrogens (tertiary/aromatic N) is 1. The monoisotopic (exact) mass is 431 g/mol. The average molecular weight is 432 g/mol. The largest absolute Gasteiger partial charge is 0.348 e. The third-order valence-corrected chi connectivity index (χ3v) is 5.05. The Balaban J connectivity index is 1.89. The van der Waals surface area contributed by atoms with Crippen LogP contribution in [0, 0.1) is 6.92 Å². The summed E-state index contributed by atoms with van der Waals surface area (Å²) in [4.78, 5) is 26.6. The molecule has 144 valence electrons. The summed E-state index contributed by atoms with van der Waals surface area (Å²) in [6.45, 7) is 5.81. The Bertz CT molecular complexity index is 795. The van der Waals surface area contributed by atoms with Crippen molar-refractivity contribution in [1.29, 1.82) is 0 Å². The highest BCUT2D eigenvalue weighted by Crippen LogP contribution is 2.20. The van der Waals surface area contributed by atoms with Gasteiger partial charge in [-0.3, -0.25) is 14.5 Å². The summed E-state index contributed by atoms with van der Waals surface area (Å²) in [7, 11) is 1.77. The highest BCUT2D eigenvalue weighted by Gasteiger charge is 2.22. The minimum absolute atomic E-state index is 0.0891. The Kier molecular flexibility index (Phi) is 7.56. The summed E-state index contributed by atoms with van der Waals surface area (Å²) in [5.41, 5.74) is 2.79. The number of likely N-dealkylation sites (N-methyl/N-ethyl adjacent to an activating group) is 1. The lowest BCUT2D eigenvalue weighted by atomic mass is 10.1. The molecule has 0 aliphatic rings. The van der Waals surface area contributed by atoms with Crippen molar-refractivity contribution in [2.24, 2.45) is 0 Å². The van der Waals surface area contributed by atoms with Crippen LogP contribution in [0.4, 0.5) is 5.69 Å². The van der Waals surface area contributed by atoms with Gasteiger partial charge in [-0.2, -0.15) is 0 Å². The van der Waals surface area contributed by atoms with E-state index in [-0.39, 0.29) is 24.4 Å². The highest BCUT2D eigenvalue weighted by molar-refractivity contribution is 9.10. The van der Waals surface area contributed by atoms with E-state index in [0.29, 0.717) is 0 Å². The Morgan fingerprint density at radius 3 is 2.41 bits per heavy atom. The van der Waals surface area contributed by atoms with Gasteiger partial charge in [0.05, 0.1) is 18.6 Å². The van der Waals surface area contributed by atoms with E-state index in [9.17, 15) is 9.59 Å². The second-order valence-electron chi connectivity index (χ2n) is 6.74. The van der Waals surface area contributed by atoms with Gasteiger partial charge in [-0.05, 0) is 57.1 Å². The predicted octanol–water partition coefficient (Wildman–Crippen LogP) is 3.89. The molecule has 0 saturated carbocycles. The molecule has 0 radical (unpaired) electrons. The lowest BCUT2D eigenvalue weighted by molar-refractivity contribution is -0.127. The van der Waals surface area contributed by atoms with Gasteiger partial charge in [0.25, 0.3) is 0 Å². The predicted molar refractivity (Wildman–Crippen MR) is 113 cm³/mol. The number of carbonyl (C=O) groups excluding carboxylic acids is 2. The van der Waals surface area contributed by atoms with Gasteiger partial charge in [0, 0.05) is 10.2 Å². The molecule has 2 rings (SSSR count). The minimum atomic E-state index is -0.423. The summed E-state index contributed by atoms with van der Waals surface area (Å²) < 4.78 is 0.966. The fraction of sp³-hybridized carbons (Fsp3) is 0.333. The number of carbonyl (C=O) groups is 2. The van der Waals surface area contributed by atoms with Gasteiger partial charge in [-0.15, -0.1) is 0 Å². The molecule has 0 aliphatic heterocycles. The Morgan fingerprint density at radius 2 is 1.78 bits per heavy atom. The second-order valence-corrected chi connectivity index (χ2v) is 7.66. The molecule has 2 amide bonds. The quantitative estimate of drug-likeness (QED) is 0.698. The van der Waals surface area contributed by atoms with Crippen molar-refractivity contribution in [2.45, 2.75) is 32.9 Å². The SMILES string of the molecule is Cc1cc(Br)ccc1NC(=O)CN(C)C(C)C(=O)NC(C)c1ccccc1. The van der Waals surface area contributed by atoms with Crippen LogP contribution in [0.15, 0.2) is 53.0 Å². The van der Waals surface area contributed by atoms with Crippen molar-refractivity contribution in [3.63, 3.8) is 0 Å².